The Bertz CT molecular complexity index is 376. The number of hydrogen-bond donors (Lipinski definition) is 1. The van der Waals surface area contributed by atoms with Gasteiger partial charge < -0.3 is 10.1 Å². The second kappa shape index (κ2) is 5.87. The van der Waals surface area contributed by atoms with Crippen LogP contribution in [0.5, 0.6) is 5.75 Å². The summed E-state index contributed by atoms with van der Waals surface area (Å²) in [6.45, 7) is 3.15. The molecule has 1 unspecified atom stereocenters. The number of methoxy groups -OCH3 is 1. The van der Waals surface area contributed by atoms with E-state index in [0.717, 1.165) is 22.7 Å². The highest BCUT2D eigenvalue weighted by Gasteiger charge is 2.27. The van der Waals surface area contributed by atoms with E-state index < -0.39 is 0 Å². The zero-order valence-corrected chi connectivity index (χ0v) is 12.1. The predicted molar refractivity (Wildman–Crippen MR) is 74.5 cm³/mol. The van der Waals surface area contributed by atoms with Gasteiger partial charge in [0.15, 0.2) is 0 Å². The molecule has 3 heteroatoms. The molecule has 17 heavy (non-hydrogen) atoms. The zero-order valence-electron chi connectivity index (χ0n) is 10.5. The first-order valence-electron chi connectivity index (χ1n) is 6.31. The Hall–Kier alpha value is -0.540. The summed E-state index contributed by atoms with van der Waals surface area (Å²) in [5.74, 6) is 1.89. The van der Waals surface area contributed by atoms with Crippen LogP contribution in [-0.4, -0.2) is 13.7 Å². The van der Waals surface area contributed by atoms with Crippen LogP contribution in [0.25, 0.3) is 0 Å². The maximum absolute atomic E-state index is 5.49. The van der Waals surface area contributed by atoms with Gasteiger partial charge in [-0.3, -0.25) is 0 Å². The molecule has 0 amide bonds. The van der Waals surface area contributed by atoms with Crippen molar-refractivity contribution in [1.29, 1.82) is 0 Å². The molecule has 94 valence electrons. The van der Waals surface area contributed by atoms with Gasteiger partial charge in [0.25, 0.3) is 0 Å². The van der Waals surface area contributed by atoms with Gasteiger partial charge in [-0.1, -0.05) is 41.8 Å². The lowest BCUT2D eigenvalue weighted by Gasteiger charge is -2.20. The molecule has 0 radical (unpaired) electrons. The van der Waals surface area contributed by atoms with E-state index >= 15 is 0 Å². The molecular weight excluding hydrogens is 278 g/mol. The van der Waals surface area contributed by atoms with E-state index in [1.807, 2.05) is 6.07 Å². The highest BCUT2D eigenvalue weighted by atomic mass is 79.9. The zero-order chi connectivity index (χ0) is 12.3. The fourth-order valence-corrected chi connectivity index (χ4v) is 2.57. The van der Waals surface area contributed by atoms with Crippen LogP contribution in [0.2, 0.25) is 0 Å². The highest BCUT2D eigenvalue weighted by Crippen LogP contribution is 2.40. The minimum Gasteiger partial charge on any atom is -0.496 e. The van der Waals surface area contributed by atoms with E-state index in [9.17, 15) is 0 Å². The fraction of sp³-hybridized carbons (Fsp3) is 0.571. The second-order valence-corrected chi connectivity index (χ2v) is 5.59. The van der Waals surface area contributed by atoms with E-state index in [-0.39, 0.29) is 0 Å². The first-order valence-corrected chi connectivity index (χ1v) is 7.10. The molecular formula is C14H20BrNO. The topological polar surface area (TPSA) is 21.3 Å². The van der Waals surface area contributed by atoms with Crippen LogP contribution < -0.4 is 10.1 Å². The summed E-state index contributed by atoms with van der Waals surface area (Å²) < 4.78 is 6.55. The van der Waals surface area contributed by atoms with E-state index in [1.165, 1.54) is 24.8 Å². The molecule has 1 aromatic carbocycles. The molecule has 2 nitrogen and oxygen atoms in total. The Kier molecular flexibility index (Phi) is 4.46. The van der Waals surface area contributed by atoms with Crippen molar-refractivity contribution in [3.63, 3.8) is 0 Å². The van der Waals surface area contributed by atoms with Crippen molar-refractivity contribution in [3.05, 3.63) is 28.2 Å². The van der Waals surface area contributed by atoms with E-state index in [4.69, 9.17) is 4.74 Å². The molecule has 1 N–H and O–H groups in total. The predicted octanol–water partition coefficient (Wildman–Crippen LogP) is 3.91. The maximum atomic E-state index is 5.49. The van der Waals surface area contributed by atoms with Crippen molar-refractivity contribution in [3.8, 4) is 5.75 Å². The third-order valence-corrected chi connectivity index (χ3v) is 3.78. The summed E-state index contributed by atoms with van der Waals surface area (Å²) in [6, 6.07) is 6.73. The Morgan fingerprint density at radius 3 is 2.82 bits per heavy atom. The number of benzene rings is 1. The summed E-state index contributed by atoms with van der Waals surface area (Å²) in [5.41, 5.74) is 1.28. The number of hydrogen-bond acceptors (Lipinski definition) is 2. The standard InChI is InChI=1S/C14H20BrNO/c1-3-16-13(8-10-4-5-10)12-7-6-11(15)9-14(12)17-2/h6-7,9-10,13,16H,3-5,8H2,1-2H3. The van der Waals surface area contributed by atoms with Crippen LogP contribution in [0.4, 0.5) is 0 Å². The molecule has 0 aromatic heterocycles. The van der Waals surface area contributed by atoms with Crippen LogP contribution >= 0.6 is 15.9 Å². The minimum absolute atomic E-state index is 0.426. The van der Waals surface area contributed by atoms with Crippen LogP contribution in [0.15, 0.2) is 22.7 Å². The van der Waals surface area contributed by atoms with Gasteiger partial charge in [0, 0.05) is 16.1 Å². The molecule has 0 heterocycles. The van der Waals surface area contributed by atoms with E-state index in [0.29, 0.717) is 6.04 Å². The lowest BCUT2D eigenvalue weighted by Crippen LogP contribution is -2.22. The summed E-state index contributed by atoms with van der Waals surface area (Å²) in [5, 5.41) is 3.57. The number of ether oxygens (including phenoxy) is 1. The van der Waals surface area contributed by atoms with Gasteiger partial charge in [0.2, 0.25) is 0 Å². The van der Waals surface area contributed by atoms with Crippen molar-refractivity contribution in [1.82, 2.24) is 5.32 Å². The molecule has 0 bridgehead atoms. The largest absolute Gasteiger partial charge is 0.496 e. The summed E-state index contributed by atoms with van der Waals surface area (Å²) in [4.78, 5) is 0. The Morgan fingerprint density at radius 1 is 1.47 bits per heavy atom. The first kappa shape index (κ1) is 12.9. The van der Waals surface area contributed by atoms with E-state index in [2.05, 4.69) is 40.3 Å². The molecule has 0 spiro atoms. The average molecular weight is 298 g/mol. The Balaban J connectivity index is 2.20. The quantitative estimate of drug-likeness (QED) is 0.860. The van der Waals surface area contributed by atoms with Gasteiger partial charge in [0.1, 0.15) is 5.75 Å². The van der Waals surface area contributed by atoms with Gasteiger partial charge in [-0.05, 0) is 31.0 Å². The van der Waals surface area contributed by atoms with Gasteiger partial charge in [0.05, 0.1) is 7.11 Å². The summed E-state index contributed by atoms with van der Waals surface area (Å²) >= 11 is 3.49. The molecule has 2 rings (SSSR count). The van der Waals surface area contributed by atoms with Crippen molar-refractivity contribution in [2.24, 2.45) is 5.92 Å². The summed E-state index contributed by atoms with van der Waals surface area (Å²) in [7, 11) is 1.74. The molecule has 1 aliphatic carbocycles. The fourth-order valence-electron chi connectivity index (χ4n) is 2.23. The number of rotatable bonds is 6. The van der Waals surface area contributed by atoms with Crippen molar-refractivity contribution >= 4 is 15.9 Å². The lowest BCUT2D eigenvalue weighted by atomic mass is 10.00. The first-order chi connectivity index (χ1) is 8.24. The van der Waals surface area contributed by atoms with E-state index in [1.54, 1.807) is 7.11 Å². The third-order valence-electron chi connectivity index (χ3n) is 3.29. The van der Waals surface area contributed by atoms with Crippen molar-refractivity contribution in [2.75, 3.05) is 13.7 Å². The maximum Gasteiger partial charge on any atom is 0.124 e. The smallest absolute Gasteiger partial charge is 0.124 e. The number of nitrogens with one attached hydrogen (secondary N) is 1. The third kappa shape index (κ3) is 3.46. The lowest BCUT2D eigenvalue weighted by molar-refractivity contribution is 0.392. The minimum atomic E-state index is 0.426. The molecule has 0 aliphatic heterocycles. The second-order valence-electron chi connectivity index (χ2n) is 4.68. The SMILES string of the molecule is CCNC(CC1CC1)c1ccc(Br)cc1OC. The van der Waals surface area contributed by atoms with Crippen molar-refractivity contribution in [2.45, 2.75) is 32.2 Å². The molecule has 1 saturated carbocycles. The van der Waals surface area contributed by atoms with Gasteiger partial charge in [-0.2, -0.15) is 0 Å². The number of halogens is 1. The van der Waals surface area contributed by atoms with Gasteiger partial charge >= 0.3 is 0 Å². The molecule has 0 saturated heterocycles. The molecule has 1 atom stereocenters. The molecule has 1 fully saturated rings. The van der Waals surface area contributed by atoms with Gasteiger partial charge in [-0.25, -0.2) is 0 Å². The van der Waals surface area contributed by atoms with Crippen LogP contribution in [0, 0.1) is 5.92 Å². The molecule has 1 aliphatic rings. The van der Waals surface area contributed by atoms with Crippen LogP contribution in [0.3, 0.4) is 0 Å². The Morgan fingerprint density at radius 2 is 2.24 bits per heavy atom. The summed E-state index contributed by atoms with van der Waals surface area (Å²) in [6.07, 6.45) is 4.01. The Labute approximate surface area is 112 Å². The normalized spacial score (nSPS) is 16.9. The van der Waals surface area contributed by atoms with Crippen LogP contribution in [-0.2, 0) is 0 Å². The monoisotopic (exact) mass is 297 g/mol. The van der Waals surface area contributed by atoms with Crippen LogP contribution in [0.1, 0.15) is 37.8 Å². The molecule has 1 aromatic rings. The highest BCUT2D eigenvalue weighted by molar-refractivity contribution is 9.10. The average Bonchev–Trinajstić information content (AvgIpc) is 3.12. The van der Waals surface area contributed by atoms with Crippen molar-refractivity contribution < 1.29 is 4.74 Å². The van der Waals surface area contributed by atoms with Gasteiger partial charge in [-0.15, -0.1) is 0 Å².